The number of amides is 2. The predicted molar refractivity (Wildman–Crippen MR) is 139 cm³/mol. The first-order valence-electron chi connectivity index (χ1n) is 12.6. The Balaban J connectivity index is 1.14. The summed E-state index contributed by atoms with van der Waals surface area (Å²) in [7, 11) is -10.8. The number of rotatable bonds is 11. The van der Waals surface area contributed by atoms with Crippen LogP contribution in [0.15, 0.2) is 39.5 Å². The summed E-state index contributed by atoms with van der Waals surface area (Å²) in [6.07, 6.45) is -7.33. The third kappa shape index (κ3) is 6.70. The van der Waals surface area contributed by atoms with E-state index in [1.165, 1.54) is 34.0 Å². The van der Waals surface area contributed by atoms with Gasteiger partial charge < -0.3 is 45.4 Å². The van der Waals surface area contributed by atoms with Crippen LogP contribution in [-0.4, -0.2) is 128 Å². The Morgan fingerprint density at radius 3 is 2.32 bits per heavy atom. The average molecular weight is 665 g/mol. The van der Waals surface area contributed by atoms with Crippen LogP contribution in [0.5, 0.6) is 0 Å². The zero-order valence-corrected chi connectivity index (χ0v) is 23.9. The molecule has 2 amide bonds. The summed E-state index contributed by atoms with van der Waals surface area (Å²) in [6, 6.07) is 1.76. The second kappa shape index (κ2) is 12.5. The van der Waals surface area contributed by atoms with E-state index in [4.69, 9.17) is 15.2 Å². The number of aliphatic imine (C=N–C) groups is 3. The Bertz CT molecular complexity index is 1490. The zero-order valence-electron chi connectivity index (χ0n) is 22.1. The van der Waals surface area contributed by atoms with Crippen LogP contribution < -0.4 is 10.3 Å². The molecule has 0 radical (unpaired) electrons. The number of phosphoric acid groups is 2. The van der Waals surface area contributed by atoms with E-state index in [0.29, 0.717) is 0 Å². The van der Waals surface area contributed by atoms with Crippen LogP contribution in [0.25, 0.3) is 0 Å². The third-order valence-corrected chi connectivity index (χ3v) is 9.42. The molecule has 0 aliphatic carbocycles. The molecule has 2 fully saturated rings. The molecule has 5 heterocycles. The topological polar surface area (TPSA) is 306 Å². The highest BCUT2D eigenvalue weighted by molar-refractivity contribution is 7.61. The molecule has 11 atom stereocenters. The largest absolute Gasteiger partial charge is 0.481 e. The minimum Gasteiger partial charge on any atom is -0.387 e. The molecule has 1 aromatic heterocycles. The van der Waals surface area contributed by atoms with Gasteiger partial charge in [-0.1, -0.05) is 0 Å². The van der Waals surface area contributed by atoms with Gasteiger partial charge in [0.2, 0.25) is 0 Å². The van der Waals surface area contributed by atoms with Crippen LogP contribution in [-0.2, 0) is 36.8 Å². The van der Waals surface area contributed by atoms with Crippen LogP contribution in [0, 0.1) is 0 Å². The molecule has 240 valence electrons. The summed E-state index contributed by atoms with van der Waals surface area (Å²) >= 11 is 0. The Morgan fingerprint density at radius 1 is 1.02 bits per heavy atom. The number of primary amides is 1. The van der Waals surface area contributed by atoms with E-state index < -0.39 is 95.8 Å². The van der Waals surface area contributed by atoms with Crippen LogP contribution in [0.3, 0.4) is 0 Å². The van der Waals surface area contributed by atoms with Gasteiger partial charge in [0.25, 0.3) is 18.0 Å². The van der Waals surface area contributed by atoms with E-state index in [1.54, 1.807) is 0 Å². The molecule has 0 spiro atoms. The molecule has 5 rings (SSSR count). The molecule has 4 aliphatic rings. The van der Waals surface area contributed by atoms with Gasteiger partial charge in [0.1, 0.15) is 48.3 Å². The lowest BCUT2D eigenvalue weighted by Crippen LogP contribution is -2.48. The first-order chi connectivity index (χ1) is 20.7. The number of carbonyl (C=O) groups is 2. The Labute approximate surface area is 246 Å². The lowest BCUT2D eigenvalue weighted by Gasteiger charge is -2.26. The highest BCUT2D eigenvalue weighted by atomic mass is 31.3. The quantitative estimate of drug-likeness (QED) is 0.0877. The van der Waals surface area contributed by atoms with Gasteiger partial charge in [-0.2, -0.15) is 13.9 Å². The summed E-state index contributed by atoms with van der Waals surface area (Å²) in [6.45, 7) is -1.84. The Kier molecular flexibility index (Phi) is 9.23. The summed E-state index contributed by atoms with van der Waals surface area (Å²) in [5, 5.41) is 41.5. The smallest absolute Gasteiger partial charge is 0.387 e. The van der Waals surface area contributed by atoms with Crippen molar-refractivity contribution in [2.75, 3.05) is 13.2 Å². The van der Waals surface area contributed by atoms with Crippen LogP contribution >= 0.6 is 15.6 Å². The number of nitrogens with zero attached hydrogens (tertiary/aromatic N) is 5. The number of aromatic nitrogens is 1. The van der Waals surface area contributed by atoms with Crippen LogP contribution in [0.1, 0.15) is 16.6 Å². The van der Waals surface area contributed by atoms with E-state index in [-0.39, 0.29) is 11.4 Å². The van der Waals surface area contributed by atoms with E-state index in [0.717, 1.165) is 12.7 Å². The van der Waals surface area contributed by atoms with E-state index in [2.05, 4.69) is 28.3 Å². The van der Waals surface area contributed by atoms with Gasteiger partial charge in [-0.15, -0.1) is 0 Å². The standard InChI is InChI=1S/C21H26N6O15P2/c22-17(32)9-2-1-3-26(4-9)20-15(30)13(28)10(40-20)5-38-43(34,35)42-44(36,37)39-6-11-14(29)16(31)21(41-11)27-8-25-12-18(27)23-7-24-19(12)33/h1-4,7-8,10-16,20-21,28-31H,5-6H2,(H3-,22,32,34,35,36,37)/p+1/t10-,11-,12?,13-,14-,15-,16-,20-,21-/m1/s1. The highest BCUT2D eigenvalue weighted by Gasteiger charge is 2.51. The normalized spacial score (nSPS) is 35.8. The van der Waals surface area contributed by atoms with Gasteiger partial charge in [0, 0.05) is 6.07 Å². The minimum atomic E-state index is -5.39. The maximum absolute atomic E-state index is 12.4. The lowest BCUT2D eigenvalue weighted by atomic mass is 10.1. The summed E-state index contributed by atoms with van der Waals surface area (Å²) in [4.78, 5) is 55.8. The number of aliphatic hydroxyl groups excluding tert-OH is 4. The van der Waals surface area contributed by atoms with Gasteiger partial charge in [-0.3, -0.25) is 28.5 Å². The monoisotopic (exact) mass is 665 g/mol. The number of phosphoric ester groups is 2. The van der Waals surface area contributed by atoms with Crippen molar-refractivity contribution < 1.29 is 76.3 Å². The van der Waals surface area contributed by atoms with E-state index >= 15 is 0 Å². The maximum atomic E-state index is 12.4. The van der Waals surface area contributed by atoms with E-state index in [9.17, 15) is 48.9 Å². The number of ether oxygens (including phenoxy) is 2. The van der Waals surface area contributed by atoms with Crippen LogP contribution in [0.2, 0.25) is 0 Å². The van der Waals surface area contributed by atoms with Gasteiger partial charge in [0.15, 0.2) is 30.8 Å². The van der Waals surface area contributed by atoms with E-state index in [1.807, 2.05) is 0 Å². The van der Waals surface area contributed by atoms with Gasteiger partial charge in [-0.25, -0.2) is 14.1 Å². The minimum absolute atomic E-state index is 0.0605. The van der Waals surface area contributed by atoms with Crippen molar-refractivity contribution in [3.05, 3.63) is 30.1 Å². The maximum Gasteiger partial charge on any atom is 0.481 e. The average Bonchev–Trinajstić information content (AvgIpc) is 3.61. The van der Waals surface area contributed by atoms with Crippen molar-refractivity contribution in [3.8, 4) is 0 Å². The number of aliphatic hydroxyl groups is 4. The first kappa shape index (κ1) is 32.5. The number of amidine groups is 1. The van der Waals surface area contributed by atoms with Gasteiger partial charge in [0.05, 0.1) is 19.6 Å². The molecule has 0 saturated carbocycles. The lowest BCUT2D eigenvalue weighted by molar-refractivity contribution is -0.765. The Morgan fingerprint density at radius 2 is 1.66 bits per heavy atom. The molecule has 1 aromatic rings. The number of carbonyl (C=O) groups excluding carboxylic acids is 2. The molecular weight excluding hydrogens is 638 g/mol. The first-order valence-corrected chi connectivity index (χ1v) is 15.6. The molecule has 23 heteroatoms. The number of hydrogen-bond acceptors (Lipinski definition) is 16. The van der Waals surface area contributed by atoms with Crippen molar-refractivity contribution in [1.82, 2.24) is 4.90 Å². The number of nitrogens with two attached hydrogens (primary N) is 1. The molecule has 0 aromatic carbocycles. The SMILES string of the molecule is NC(=O)c1ccc[n+]([C@@H]2O[C@H](COP(=O)(O)OP(=O)(O)OC[C@H]3O[C@@H](N4C=NC5C(=O)N=CN=C54)[C@H](O)[C@@H]3O)[C@@H](O)[C@H]2O)c1. The summed E-state index contributed by atoms with van der Waals surface area (Å²) in [5.41, 5.74) is 5.30. The third-order valence-electron chi connectivity index (χ3n) is 6.82. The number of hydrogen-bond donors (Lipinski definition) is 7. The van der Waals surface area contributed by atoms with Crippen molar-refractivity contribution >= 4 is 46.0 Å². The van der Waals surface area contributed by atoms with Crippen molar-refractivity contribution in [2.24, 2.45) is 20.7 Å². The highest BCUT2D eigenvalue weighted by Crippen LogP contribution is 2.60. The molecule has 0 bridgehead atoms. The molecule has 3 unspecified atom stereocenters. The molecule has 2 saturated heterocycles. The fourth-order valence-corrected chi connectivity index (χ4v) is 6.74. The molecule has 44 heavy (non-hydrogen) atoms. The zero-order chi connectivity index (χ0) is 32.0. The molecular formula is C21H27N6O15P2+. The fourth-order valence-electron chi connectivity index (χ4n) is 4.65. The van der Waals surface area contributed by atoms with Crippen molar-refractivity contribution in [2.45, 2.75) is 55.1 Å². The molecule has 4 aliphatic heterocycles. The summed E-state index contributed by atoms with van der Waals surface area (Å²) < 4.78 is 50.6. The molecule has 21 nitrogen and oxygen atoms in total. The molecule has 8 N–H and O–H groups in total. The number of pyridine rings is 1. The Hall–Kier alpha value is -2.88. The van der Waals surface area contributed by atoms with Crippen molar-refractivity contribution in [1.29, 1.82) is 0 Å². The second-order valence-electron chi connectivity index (χ2n) is 9.75. The second-order valence-corrected chi connectivity index (χ2v) is 12.8. The number of fused-ring (bicyclic) bond motifs is 1. The predicted octanol–water partition coefficient (Wildman–Crippen LogP) is -3.93. The summed E-state index contributed by atoms with van der Waals surface area (Å²) in [5.74, 6) is -1.33. The van der Waals surface area contributed by atoms with Gasteiger partial charge in [-0.05, 0) is 6.07 Å². The van der Waals surface area contributed by atoms with Gasteiger partial charge >= 0.3 is 15.6 Å². The van der Waals surface area contributed by atoms with Crippen molar-refractivity contribution in [3.63, 3.8) is 0 Å². The fraction of sp³-hybridized carbons (Fsp3) is 0.524. The van der Waals surface area contributed by atoms with Crippen LogP contribution in [0.4, 0.5) is 0 Å².